The number of carbonyl (C=O) groups is 1. The quantitative estimate of drug-likeness (QED) is 0.786. The Morgan fingerprint density at radius 2 is 1.74 bits per heavy atom. The predicted octanol–water partition coefficient (Wildman–Crippen LogP) is 3.25. The second-order valence-corrected chi connectivity index (χ2v) is 10.9. The zero-order chi connectivity index (χ0) is 22.6. The third-order valence-electron chi connectivity index (χ3n) is 5.62. The fourth-order valence-electron chi connectivity index (χ4n) is 4.18. The average Bonchev–Trinajstić information content (AvgIpc) is 2.66. The fourth-order valence-corrected chi connectivity index (χ4v) is 5.09. The molecule has 2 aliphatic heterocycles. The van der Waals surface area contributed by atoms with Crippen LogP contribution in [0.15, 0.2) is 36.4 Å². The lowest BCUT2D eigenvalue weighted by Gasteiger charge is -2.39. The molecule has 166 valence electrons. The lowest BCUT2D eigenvalue weighted by atomic mass is 9.89. The maximum atomic E-state index is 13.2. The van der Waals surface area contributed by atoms with Gasteiger partial charge in [0.1, 0.15) is 17.1 Å². The van der Waals surface area contributed by atoms with Gasteiger partial charge < -0.3 is 14.8 Å². The maximum absolute atomic E-state index is 13.2. The highest BCUT2D eigenvalue weighted by Gasteiger charge is 2.39. The Morgan fingerprint density at radius 1 is 1.10 bits per heavy atom. The first kappa shape index (κ1) is 21.5. The third kappa shape index (κ3) is 4.35. The van der Waals surface area contributed by atoms with Crippen molar-refractivity contribution in [1.82, 2.24) is 5.32 Å². The van der Waals surface area contributed by atoms with E-state index in [1.165, 1.54) is 4.31 Å². The normalized spacial score (nSPS) is 21.9. The second-order valence-electron chi connectivity index (χ2n) is 9.04. The fraction of sp³-hybridized carbons (Fsp3) is 0.435. The van der Waals surface area contributed by atoms with Gasteiger partial charge in [-0.05, 0) is 51.5 Å². The van der Waals surface area contributed by atoms with Crippen molar-refractivity contribution in [2.45, 2.75) is 51.9 Å². The molecule has 0 saturated heterocycles. The Bertz CT molecular complexity index is 1140. The summed E-state index contributed by atoms with van der Waals surface area (Å²) in [6.45, 7) is 7.76. The van der Waals surface area contributed by atoms with Gasteiger partial charge in [-0.25, -0.2) is 8.42 Å². The summed E-state index contributed by atoms with van der Waals surface area (Å²) < 4.78 is 38.1. The maximum Gasteiger partial charge on any atom is 0.263 e. The Kier molecular flexibility index (Phi) is 5.16. The summed E-state index contributed by atoms with van der Waals surface area (Å²) in [5, 5.41) is 3.08. The van der Waals surface area contributed by atoms with Crippen LogP contribution in [0.2, 0.25) is 0 Å². The lowest BCUT2D eigenvalue weighted by Crippen LogP contribution is -2.52. The van der Waals surface area contributed by atoms with Crippen LogP contribution in [-0.4, -0.2) is 38.8 Å². The van der Waals surface area contributed by atoms with Gasteiger partial charge in [0.2, 0.25) is 10.0 Å². The summed E-state index contributed by atoms with van der Waals surface area (Å²) in [4.78, 5) is 13.2. The van der Waals surface area contributed by atoms with E-state index in [0.29, 0.717) is 17.9 Å². The van der Waals surface area contributed by atoms with Gasteiger partial charge in [0.05, 0.1) is 24.5 Å². The predicted molar refractivity (Wildman–Crippen MR) is 119 cm³/mol. The summed E-state index contributed by atoms with van der Waals surface area (Å²) in [6.07, 6.45) is 0.775. The Labute approximate surface area is 183 Å². The van der Waals surface area contributed by atoms with Gasteiger partial charge in [0.15, 0.2) is 6.10 Å². The zero-order valence-electron chi connectivity index (χ0n) is 18.4. The van der Waals surface area contributed by atoms with Crippen molar-refractivity contribution in [3.8, 4) is 11.5 Å². The molecule has 2 unspecified atom stereocenters. The molecule has 0 fully saturated rings. The van der Waals surface area contributed by atoms with Crippen LogP contribution in [0.1, 0.15) is 43.0 Å². The minimum atomic E-state index is -3.58. The third-order valence-corrected chi connectivity index (χ3v) is 6.76. The van der Waals surface area contributed by atoms with E-state index < -0.39 is 21.7 Å². The van der Waals surface area contributed by atoms with E-state index in [9.17, 15) is 13.2 Å². The van der Waals surface area contributed by atoms with E-state index >= 15 is 0 Å². The van der Waals surface area contributed by atoms with Crippen molar-refractivity contribution in [2.75, 3.05) is 17.1 Å². The Morgan fingerprint density at radius 3 is 2.42 bits per heavy atom. The average molecular weight is 445 g/mol. The van der Waals surface area contributed by atoms with E-state index in [1.54, 1.807) is 12.1 Å². The largest absolute Gasteiger partial charge is 0.487 e. The van der Waals surface area contributed by atoms with E-state index in [0.717, 1.165) is 28.7 Å². The summed E-state index contributed by atoms with van der Waals surface area (Å²) in [5.74, 6) is 0.774. The van der Waals surface area contributed by atoms with Crippen molar-refractivity contribution >= 4 is 21.6 Å². The van der Waals surface area contributed by atoms with Gasteiger partial charge >= 0.3 is 0 Å². The number of nitrogens with zero attached hydrogens (tertiary/aromatic N) is 1. The summed E-state index contributed by atoms with van der Waals surface area (Å²) in [6, 6.07) is 10.9. The van der Waals surface area contributed by atoms with Gasteiger partial charge in [-0.2, -0.15) is 0 Å². The van der Waals surface area contributed by atoms with Crippen molar-refractivity contribution in [2.24, 2.45) is 0 Å². The summed E-state index contributed by atoms with van der Waals surface area (Å²) in [5.41, 5.74) is 2.91. The highest BCUT2D eigenvalue weighted by Crippen LogP contribution is 2.40. The molecule has 1 N–H and O–H groups in total. The Balaban J connectivity index is 1.62. The molecule has 7 nitrogen and oxygen atoms in total. The molecule has 0 saturated carbocycles. The molecule has 0 radical (unpaired) electrons. The van der Waals surface area contributed by atoms with Gasteiger partial charge in [-0.3, -0.25) is 9.10 Å². The molecule has 2 aliphatic rings. The number of hydrogen-bond donors (Lipinski definition) is 1. The van der Waals surface area contributed by atoms with Crippen LogP contribution in [0.5, 0.6) is 11.5 Å². The molecule has 8 heteroatoms. The number of rotatable bonds is 3. The van der Waals surface area contributed by atoms with Crippen molar-refractivity contribution in [3.05, 3.63) is 53.1 Å². The number of nitrogens with one attached hydrogen (secondary N) is 1. The first-order valence-electron chi connectivity index (χ1n) is 10.3. The molecular weight excluding hydrogens is 416 g/mol. The molecule has 2 aromatic carbocycles. The number of carbonyl (C=O) groups excluding carboxylic acids is 1. The molecule has 1 amide bonds. The highest BCUT2D eigenvalue weighted by molar-refractivity contribution is 7.92. The topological polar surface area (TPSA) is 84.9 Å². The number of fused-ring (bicyclic) bond motifs is 2. The number of benzene rings is 2. The van der Waals surface area contributed by atoms with E-state index in [2.05, 4.69) is 5.32 Å². The molecule has 2 atom stereocenters. The minimum Gasteiger partial charge on any atom is -0.487 e. The van der Waals surface area contributed by atoms with Crippen LogP contribution in [0, 0.1) is 13.8 Å². The summed E-state index contributed by atoms with van der Waals surface area (Å²) >= 11 is 0. The molecule has 0 bridgehead atoms. The SMILES string of the molecule is Cc1ccc2c(c1)C(NC(=O)C1CN(S(C)(=O)=O)c3cc(C)ccc3O1)CC(C)(C)O2. The van der Waals surface area contributed by atoms with E-state index in [-0.39, 0.29) is 18.5 Å². The highest BCUT2D eigenvalue weighted by atomic mass is 32.2. The standard InChI is InChI=1S/C23H28N2O5S/c1-14-6-8-19-16(10-14)17(12-23(3,4)30-19)24-22(26)21-13-25(31(5,27)28)18-11-15(2)7-9-20(18)29-21/h6-11,17,21H,12-13H2,1-5H3,(H,24,26). The number of anilines is 1. The van der Waals surface area contributed by atoms with Crippen molar-refractivity contribution in [3.63, 3.8) is 0 Å². The molecule has 0 aromatic heterocycles. The number of hydrogen-bond acceptors (Lipinski definition) is 5. The molecule has 0 spiro atoms. The first-order valence-corrected chi connectivity index (χ1v) is 12.1. The van der Waals surface area contributed by atoms with Gasteiger partial charge in [0, 0.05) is 12.0 Å². The molecule has 0 aliphatic carbocycles. The number of aryl methyl sites for hydroxylation is 2. The molecule has 2 aromatic rings. The molecule has 4 rings (SSSR count). The second kappa shape index (κ2) is 7.44. The van der Waals surface area contributed by atoms with Crippen LogP contribution in [0.3, 0.4) is 0 Å². The molecular formula is C23H28N2O5S. The van der Waals surface area contributed by atoms with Crippen LogP contribution in [0.4, 0.5) is 5.69 Å². The lowest BCUT2D eigenvalue weighted by molar-refractivity contribution is -0.129. The smallest absolute Gasteiger partial charge is 0.263 e. The van der Waals surface area contributed by atoms with E-state index in [1.807, 2.05) is 52.0 Å². The van der Waals surface area contributed by atoms with Gasteiger partial charge in [-0.1, -0.05) is 23.8 Å². The van der Waals surface area contributed by atoms with Crippen LogP contribution in [0.25, 0.3) is 0 Å². The minimum absolute atomic E-state index is 0.0750. The van der Waals surface area contributed by atoms with Crippen molar-refractivity contribution in [1.29, 1.82) is 0 Å². The van der Waals surface area contributed by atoms with Gasteiger partial charge in [0.25, 0.3) is 5.91 Å². The van der Waals surface area contributed by atoms with E-state index in [4.69, 9.17) is 9.47 Å². The van der Waals surface area contributed by atoms with Gasteiger partial charge in [-0.15, -0.1) is 0 Å². The Hall–Kier alpha value is -2.74. The number of ether oxygens (including phenoxy) is 2. The monoisotopic (exact) mass is 444 g/mol. The van der Waals surface area contributed by atoms with Crippen molar-refractivity contribution < 1.29 is 22.7 Å². The van der Waals surface area contributed by atoms with Crippen LogP contribution < -0.4 is 19.1 Å². The van der Waals surface area contributed by atoms with Crippen LogP contribution >= 0.6 is 0 Å². The summed E-state index contributed by atoms with van der Waals surface area (Å²) in [7, 11) is -3.58. The van der Waals surface area contributed by atoms with Crippen LogP contribution in [-0.2, 0) is 14.8 Å². The first-order chi connectivity index (χ1) is 14.4. The molecule has 31 heavy (non-hydrogen) atoms. The number of amides is 1. The molecule has 2 heterocycles. The number of sulfonamides is 1. The zero-order valence-corrected chi connectivity index (χ0v) is 19.2.